The molecule has 0 heterocycles. The number of hydrogen-bond acceptors (Lipinski definition) is 5. The van der Waals surface area contributed by atoms with E-state index in [2.05, 4.69) is 5.32 Å². The first-order chi connectivity index (χ1) is 20.5. The number of sulfonamides is 1. The number of nitrogens with one attached hydrogen (secondary N) is 1. The number of benzene rings is 3. The van der Waals surface area contributed by atoms with E-state index in [1.165, 1.54) is 16.3 Å². The molecule has 0 bridgehead atoms. The molecule has 1 atom stereocenters. The van der Waals surface area contributed by atoms with Crippen molar-refractivity contribution in [3.8, 4) is 5.75 Å². The molecule has 3 aromatic rings. The van der Waals surface area contributed by atoms with Gasteiger partial charge in [0.2, 0.25) is 21.8 Å². The highest BCUT2D eigenvalue weighted by atomic mass is 35.5. The van der Waals surface area contributed by atoms with Crippen LogP contribution in [-0.4, -0.2) is 57.6 Å². The van der Waals surface area contributed by atoms with E-state index in [1.807, 2.05) is 37.3 Å². The third kappa shape index (κ3) is 10.2. The number of amides is 2. The zero-order valence-electron chi connectivity index (χ0n) is 24.8. The van der Waals surface area contributed by atoms with Crippen molar-refractivity contribution in [3.05, 3.63) is 94.0 Å². The summed E-state index contributed by atoms with van der Waals surface area (Å²) in [5.74, 6) is -0.0764. The summed E-state index contributed by atoms with van der Waals surface area (Å²) in [5.41, 5.74) is 1.86. The SMILES string of the molecule is CCCCNC(=O)[C@H](Cc1ccccc1)N(Cc1c(Cl)cccc1Cl)C(=O)CCCN(c1cccc(OC)c1)S(C)(=O)=O. The van der Waals surface area contributed by atoms with Crippen molar-refractivity contribution in [2.75, 3.05) is 30.8 Å². The Balaban J connectivity index is 1.91. The predicted molar refractivity (Wildman–Crippen MR) is 173 cm³/mol. The lowest BCUT2D eigenvalue weighted by molar-refractivity contribution is -0.141. The maximum absolute atomic E-state index is 14.0. The van der Waals surface area contributed by atoms with Crippen molar-refractivity contribution < 1.29 is 22.7 Å². The Labute approximate surface area is 265 Å². The number of halogens is 2. The fourth-order valence-electron chi connectivity index (χ4n) is 4.68. The molecule has 11 heteroatoms. The van der Waals surface area contributed by atoms with Crippen LogP contribution < -0.4 is 14.4 Å². The minimum absolute atomic E-state index is 0.00834. The van der Waals surface area contributed by atoms with Crippen molar-refractivity contribution in [1.82, 2.24) is 10.2 Å². The van der Waals surface area contributed by atoms with Crippen molar-refractivity contribution in [2.45, 2.75) is 51.6 Å². The highest BCUT2D eigenvalue weighted by molar-refractivity contribution is 7.92. The van der Waals surface area contributed by atoms with Gasteiger partial charge in [0.1, 0.15) is 11.8 Å². The monoisotopic (exact) mass is 647 g/mol. The molecule has 0 saturated heterocycles. The second-order valence-electron chi connectivity index (χ2n) is 10.2. The summed E-state index contributed by atoms with van der Waals surface area (Å²) in [6, 6.07) is 20.5. The number of nitrogens with zero attached hydrogens (tertiary/aromatic N) is 2. The molecule has 0 saturated carbocycles. The summed E-state index contributed by atoms with van der Waals surface area (Å²) in [6.07, 6.45) is 3.32. The van der Waals surface area contributed by atoms with Gasteiger partial charge in [0.05, 0.1) is 19.1 Å². The van der Waals surface area contributed by atoms with E-state index in [0.717, 1.165) is 24.7 Å². The van der Waals surface area contributed by atoms with E-state index in [-0.39, 0.29) is 44.2 Å². The predicted octanol–water partition coefficient (Wildman–Crippen LogP) is 6.10. The van der Waals surface area contributed by atoms with Gasteiger partial charge in [-0.05, 0) is 42.7 Å². The van der Waals surface area contributed by atoms with Gasteiger partial charge in [-0.25, -0.2) is 8.42 Å². The van der Waals surface area contributed by atoms with Crippen LogP contribution in [0.3, 0.4) is 0 Å². The topological polar surface area (TPSA) is 96.0 Å². The highest BCUT2D eigenvalue weighted by Gasteiger charge is 2.31. The molecular formula is C32H39Cl2N3O5S. The molecule has 8 nitrogen and oxygen atoms in total. The molecule has 3 aromatic carbocycles. The molecule has 0 fully saturated rings. The summed E-state index contributed by atoms with van der Waals surface area (Å²) in [5, 5.41) is 3.75. The molecule has 0 unspecified atom stereocenters. The Morgan fingerprint density at radius 2 is 1.63 bits per heavy atom. The van der Waals surface area contributed by atoms with Gasteiger partial charge in [-0.1, -0.05) is 79.0 Å². The summed E-state index contributed by atoms with van der Waals surface area (Å²) >= 11 is 13.0. The number of carbonyl (C=O) groups is 2. The van der Waals surface area contributed by atoms with E-state index in [0.29, 0.717) is 33.6 Å². The summed E-state index contributed by atoms with van der Waals surface area (Å²) < 4.78 is 31.9. The smallest absolute Gasteiger partial charge is 0.243 e. The first-order valence-electron chi connectivity index (χ1n) is 14.2. The van der Waals surface area contributed by atoms with Crippen LogP contribution >= 0.6 is 23.2 Å². The number of carbonyl (C=O) groups excluding carboxylic acids is 2. The van der Waals surface area contributed by atoms with E-state index in [9.17, 15) is 18.0 Å². The van der Waals surface area contributed by atoms with Crippen LogP contribution in [0.4, 0.5) is 5.69 Å². The Hall–Kier alpha value is -3.27. The summed E-state index contributed by atoms with van der Waals surface area (Å²) in [4.78, 5) is 29.1. The number of rotatable bonds is 16. The Kier molecular flexibility index (Phi) is 13.2. The highest BCUT2D eigenvalue weighted by Crippen LogP contribution is 2.28. The van der Waals surface area contributed by atoms with Crippen molar-refractivity contribution in [1.29, 1.82) is 0 Å². The number of hydrogen-bond donors (Lipinski definition) is 1. The van der Waals surface area contributed by atoms with Crippen molar-refractivity contribution >= 4 is 50.7 Å². The van der Waals surface area contributed by atoms with Gasteiger partial charge >= 0.3 is 0 Å². The van der Waals surface area contributed by atoms with Crippen molar-refractivity contribution in [3.63, 3.8) is 0 Å². The largest absolute Gasteiger partial charge is 0.497 e. The molecular weight excluding hydrogens is 609 g/mol. The van der Waals surface area contributed by atoms with Crippen LogP contribution in [0.15, 0.2) is 72.8 Å². The second-order valence-corrected chi connectivity index (χ2v) is 12.9. The molecule has 232 valence electrons. The third-order valence-electron chi connectivity index (χ3n) is 6.98. The molecule has 3 rings (SSSR count). The quantitative estimate of drug-likeness (QED) is 0.189. The van der Waals surface area contributed by atoms with Crippen LogP contribution in [0.1, 0.15) is 43.7 Å². The number of anilines is 1. The number of unbranched alkanes of at least 4 members (excludes halogenated alkanes) is 1. The molecule has 0 radical (unpaired) electrons. The molecule has 0 aliphatic heterocycles. The molecule has 0 spiro atoms. The molecule has 0 aliphatic rings. The van der Waals surface area contributed by atoms with Gasteiger partial charge in [0.25, 0.3) is 0 Å². The minimum atomic E-state index is -3.65. The first-order valence-corrected chi connectivity index (χ1v) is 16.8. The lowest BCUT2D eigenvalue weighted by Crippen LogP contribution is -2.50. The average molecular weight is 649 g/mol. The van der Waals surface area contributed by atoms with Crippen LogP contribution in [-0.2, 0) is 32.6 Å². The van der Waals surface area contributed by atoms with Crippen molar-refractivity contribution in [2.24, 2.45) is 0 Å². The van der Waals surface area contributed by atoms with Gasteiger partial charge < -0.3 is 15.0 Å². The molecule has 0 aromatic heterocycles. The normalized spacial score (nSPS) is 11.9. The van der Waals surface area contributed by atoms with Crippen LogP contribution in [0, 0.1) is 0 Å². The Bertz CT molecular complexity index is 1450. The number of ether oxygens (including phenoxy) is 1. The maximum Gasteiger partial charge on any atom is 0.243 e. The van der Waals surface area contributed by atoms with E-state index >= 15 is 0 Å². The van der Waals surface area contributed by atoms with Crippen LogP contribution in [0.5, 0.6) is 5.75 Å². The molecule has 1 N–H and O–H groups in total. The van der Waals surface area contributed by atoms with Crippen LogP contribution in [0.25, 0.3) is 0 Å². The Morgan fingerprint density at radius 3 is 2.26 bits per heavy atom. The van der Waals surface area contributed by atoms with E-state index < -0.39 is 16.1 Å². The fourth-order valence-corrected chi connectivity index (χ4v) is 6.16. The first kappa shape index (κ1) is 34.2. The molecule has 43 heavy (non-hydrogen) atoms. The fraction of sp³-hybridized carbons (Fsp3) is 0.375. The lowest BCUT2D eigenvalue weighted by Gasteiger charge is -2.32. The van der Waals surface area contributed by atoms with Gasteiger partial charge in [-0.2, -0.15) is 0 Å². The maximum atomic E-state index is 14.0. The van der Waals surface area contributed by atoms with Gasteiger partial charge in [0, 0.05) is 54.2 Å². The zero-order valence-corrected chi connectivity index (χ0v) is 27.1. The van der Waals surface area contributed by atoms with Crippen LogP contribution in [0.2, 0.25) is 10.0 Å². The van der Waals surface area contributed by atoms with Gasteiger partial charge in [0.15, 0.2) is 0 Å². The lowest BCUT2D eigenvalue weighted by atomic mass is 10.0. The Morgan fingerprint density at radius 1 is 0.953 bits per heavy atom. The average Bonchev–Trinajstić information content (AvgIpc) is 2.98. The van der Waals surface area contributed by atoms with Gasteiger partial charge in [-0.15, -0.1) is 0 Å². The van der Waals surface area contributed by atoms with E-state index in [4.69, 9.17) is 27.9 Å². The van der Waals surface area contributed by atoms with E-state index in [1.54, 1.807) is 42.5 Å². The standard InChI is InChI=1S/C32H39Cl2N3O5S/c1-4-5-19-35-32(39)30(21-24-12-7-6-8-13-24)36(23-27-28(33)16-10-17-29(27)34)31(38)18-11-20-37(43(3,40)41)25-14-9-15-26(22-25)42-2/h6-10,12-17,22,30H,4-5,11,18-21,23H2,1-3H3,(H,35,39)/t30-/m0/s1. The summed E-state index contributed by atoms with van der Waals surface area (Å²) in [7, 11) is -2.14. The summed E-state index contributed by atoms with van der Waals surface area (Å²) in [6.45, 7) is 2.60. The third-order valence-corrected chi connectivity index (χ3v) is 8.89. The van der Waals surface area contributed by atoms with Gasteiger partial charge in [-0.3, -0.25) is 13.9 Å². The minimum Gasteiger partial charge on any atom is -0.497 e. The molecule has 0 aliphatic carbocycles. The number of methoxy groups -OCH3 is 1. The molecule has 2 amide bonds. The second kappa shape index (κ2) is 16.5. The zero-order chi connectivity index (χ0) is 31.4.